The number of hydrogen-bond donors (Lipinski definition) is 1. The van der Waals surface area contributed by atoms with Gasteiger partial charge >= 0.3 is 6.01 Å². The Balaban J connectivity index is 2.14. The summed E-state index contributed by atoms with van der Waals surface area (Å²) in [7, 11) is 1.48. The van der Waals surface area contributed by atoms with Crippen molar-refractivity contribution in [2.45, 2.75) is 19.8 Å². The van der Waals surface area contributed by atoms with Gasteiger partial charge in [-0.1, -0.05) is 25.5 Å². The molecule has 2 rings (SSSR count). The van der Waals surface area contributed by atoms with Crippen LogP contribution in [0.1, 0.15) is 18.9 Å². The molecule has 5 nitrogen and oxygen atoms in total. The summed E-state index contributed by atoms with van der Waals surface area (Å²) in [6.07, 6.45) is 2.21. The summed E-state index contributed by atoms with van der Waals surface area (Å²) in [4.78, 5) is 11.9. The Morgan fingerprint density at radius 1 is 1.16 bits per heavy atom. The van der Waals surface area contributed by atoms with Crippen LogP contribution in [0.3, 0.4) is 0 Å². The summed E-state index contributed by atoms with van der Waals surface area (Å²) < 4.78 is 4.94. The van der Waals surface area contributed by atoms with E-state index in [2.05, 4.69) is 39.3 Å². The molecular formula is C13H15ClN4O. The molecule has 0 atom stereocenters. The van der Waals surface area contributed by atoms with Gasteiger partial charge in [-0.15, -0.1) is 0 Å². The lowest BCUT2D eigenvalue weighted by atomic mass is 10.1. The summed E-state index contributed by atoms with van der Waals surface area (Å²) in [5.74, 6) is 0.361. The van der Waals surface area contributed by atoms with Gasteiger partial charge in [0, 0.05) is 5.69 Å². The van der Waals surface area contributed by atoms with E-state index in [1.165, 1.54) is 12.7 Å². The molecule has 0 bridgehead atoms. The molecule has 0 spiro atoms. The number of halogens is 1. The highest BCUT2D eigenvalue weighted by molar-refractivity contribution is 6.28. The summed E-state index contributed by atoms with van der Waals surface area (Å²) in [6.45, 7) is 2.16. The quantitative estimate of drug-likeness (QED) is 0.910. The van der Waals surface area contributed by atoms with Crippen molar-refractivity contribution in [1.29, 1.82) is 0 Å². The van der Waals surface area contributed by atoms with Crippen LogP contribution >= 0.6 is 11.6 Å². The smallest absolute Gasteiger partial charge is 0.322 e. The highest BCUT2D eigenvalue weighted by Gasteiger charge is 2.05. The number of ether oxygens (including phenoxy) is 1. The predicted molar refractivity (Wildman–Crippen MR) is 75.1 cm³/mol. The molecule has 0 amide bonds. The molecule has 1 aromatic carbocycles. The minimum Gasteiger partial charge on any atom is -0.467 e. The monoisotopic (exact) mass is 278 g/mol. The second-order valence-electron chi connectivity index (χ2n) is 3.99. The summed E-state index contributed by atoms with van der Waals surface area (Å²) in [5, 5.41) is 3.16. The van der Waals surface area contributed by atoms with E-state index in [1.54, 1.807) is 0 Å². The Labute approximate surface area is 117 Å². The zero-order chi connectivity index (χ0) is 13.7. The topological polar surface area (TPSA) is 59.9 Å². The van der Waals surface area contributed by atoms with Gasteiger partial charge in [-0.2, -0.15) is 15.0 Å². The lowest BCUT2D eigenvalue weighted by Gasteiger charge is -2.07. The average molecular weight is 279 g/mol. The van der Waals surface area contributed by atoms with E-state index in [1.807, 2.05) is 12.1 Å². The molecule has 0 unspecified atom stereocenters. The van der Waals surface area contributed by atoms with E-state index in [0.29, 0.717) is 5.95 Å². The van der Waals surface area contributed by atoms with Crippen LogP contribution in [0, 0.1) is 0 Å². The Hall–Kier alpha value is -1.88. The second kappa shape index (κ2) is 6.33. The maximum Gasteiger partial charge on any atom is 0.322 e. The third-order valence-electron chi connectivity index (χ3n) is 2.52. The molecule has 6 heteroatoms. The number of nitrogens with one attached hydrogen (secondary N) is 1. The Bertz CT molecular complexity index is 545. The Morgan fingerprint density at radius 3 is 2.53 bits per heavy atom. The molecule has 100 valence electrons. The normalized spacial score (nSPS) is 10.3. The largest absolute Gasteiger partial charge is 0.467 e. The highest BCUT2D eigenvalue weighted by atomic mass is 35.5. The maximum absolute atomic E-state index is 5.78. The molecule has 1 aromatic heterocycles. The minimum atomic E-state index is 0.0944. The van der Waals surface area contributed by atoms with E-state index in [9.17, 15) is 0 Å². The molecule has 0 radical (unpaired) electrons. The number of anilines is 2. The zero-order valence-electron chi connectivity index (χ0n) is 10.9. The molecule has 0 fully saturated rings. The van der Waals surface area contributed by atoms with Gasteiger partial charge in [-0.3, -0.25) is 0 Å². The number of rotatable bonds is 5. The van der Waals surface area contributed by atoms with Gasteiger partial charge in [0.15, 0.2) is 0 Å². The number of aryl methyl sites for hydroxylation is 1. The summed E-state index contributed by atoms with van der Waals surface area (Å²) in [5.41, 5.74) is 2.20. The Morgan fingerprint density at radius 2 is 1.89 bits per heavy atom. The van der Waals surface area contributed by atoms with E-state index < -0.39 is 0 Å². The SMILES string of the molecule is CCCc1ccc(Nc2nc(Cl)nc(OC)n2)cc1. The highest BCUT2D eigenvalue weighted by Crippen LogP contribution is 2.17. The van der Waals surface area contributed by atoms with Crippen molar-refractivity contribution in [1.82, 2.24) is 15.0 Å². The van der Waals surface area contributed by atoms with Gasteiger partial charge in [-0.05, 0) is 35.7 Å². The summed E-state index contributed by atoms with van der Waals surface area (Å²) >= 11 is 5.78. The molecule has 1 N–H and O–H groups in total. The fraction of sp³-hybridized carbons (Fsp3) is 0.308. The minimum absolute atomic E-state index is 0.0944. The third-order valence-corrected chi connectivity index (χ3v) is 2.69. The van der Waals surface area contributed by atoms with E-state index >= 15 is 0 Å². The molecule has 1 heterocycles. The first-order valence-corrected chi connectivity index (χ1v) is 6.40. The van der Waals surface area contributed by atoms with Gasteiger partial charge in [0.25, 0.3) is 0 Å². The van der Waals surface area contributed by atoms with Gasteiger partial charge in [0.2, 0.25) is 11.2 Å². The third kappa shape index (κ3) is 3.79. The molecule has 0 aliphatic rings. The fourth-order valence-electron chi connectivity index (χ4n) is 1.65. The first-order chi connectivity index (χ1) is 9.21. The van der Waals surface area contributed by atoms with Crippen molar-refractivity contribution < 1.29 is 4.74 Å². The fourth-order valence-corrected chi connectivity index (χ4v) is 1.80. The molecule has 0 saturated carbocycles. The maximum atomic E-state index is 5.78. The lowest BCUT2D eigenvalue weighted by molar-refractivity contribution is 0.379. The van der Waals surface area contributed by atoms with Gasteiger partial charge in [0.05, 0.1) is 7.11 Å². The number of hydrogen-bond acceptors (Lipinski definition) is 5. The zero-order valence-corrected chi connectivity index (χ0v) is 11.6. The molecule has 19 heavy (non-hydrogen) atoms. The van der Waals surface area contributed by atoms with Crippen molar-refractivity contribution in [2.24, 2.45) is 0 Å². The molecular weight excluding hydrogens is 264 g/mol. The van der Waals surface area contributed by atoms with Crippen LogP contribution in [0.25, 0.3) is 0 Å². The van der Waals surface area contributed by atoms with Crippen molar-refractivity contribution in [3.8, 4) is 6.01 Å². The Kier molecular flexibility index (Phi) is 4.52. The van der Waals surface area contributed by atoms with Crippen molar-refractivity contribution in [2.75, 3.05) is 12.4 Å². The van der Waals surface area contributed by atoms with E-state index in [4.69, 9.17) is 16.3 Å². The molecule has 0 aliphatic carbocycles. The lowest BCUT2D eigenvalue weighted by Crippen LogP contribution is -2.01. The number of methoxy groups -OCH3 is 1. The van der Waals surface area contributed by atoms with Crippen LogP contribution in [0.2, 0.25) is 5.28 Å². The average Bonchev–Trinajstić information content (AvgIpc) is 2.40. The van der Waals surface area contributed by atoms with Gasteiger partial charge < -0.3 is 10.1 Å². The predicted octanol–water partition coefficient (Wildman–Crippen LogP) is 3.23. The van der Waals surface area contributed by atoms with Crippen molar-refractivity contribution >= 4 is 23.2 Å². The number of nitrogens with zero attached hydrogens (tertiary/aromatic N) is 3. The molecule has 0 aliphatic heterocycles. The van der Waals surface area contributed by atoms with Crippen LogP contribution < -0.4 is 10.1 Å². The van der Waals surface area contributed by atoms with E-state index in [0.717, 1.165) is 18.5 Å². The van der Waals surface area contributed by atoms with Crippen LogP contribution in [0.5, 0.6) is 6.01 Å². The van der Waals surface area contributed by atoms with Crippen molar-refractivity contribution in [3.05, 3.63) is 35.1 Å². The number of benzene rings is 1. The summed E-state index contributed by atoms with van der Waals surface area (Å²) in [6, 6.07) is 8.30. The second-order valence-corrected chi connectivity index (χ2v) is 4.32. The molecule has 0 saturated heterocycles. The van der Waals surface area contributed by atoms with Crippen LogP contribution in [0.4, 0.5) is 11.6 Å². The van der Waals surface area contributed by atoms with Crippen LogP contribution in [-0.2, 0) is 6.42 Å². The van der Waals surface area contributed by atoms with E-state index in [-0.39, 0.29) is 11.3 Å². The standard InChI is InChI=1S/C13H15ClN4O/c1-3-4-9-5-7-10(8-6-9)15-12-16-11(14)17-13(18-12)19-2/h5-8H,3-4H2,1-2H3,(H,15,16,17,18). The first-order valence-electron chi connectivity index (χ1n) is 6.03. The van der Waals surface area contributed by atoms with Crippen LogP contribution in [-0.4, -0.2) is 22.1 Å². The first kappa shape index (κ1) is 13.5. The van der Waals surface area contributed by atoms with Crippen LogP contribution in [0.15, 0.2) is 24.3 Å². The number of aromatic nitrogens is 3. The molecule has 2 aromatic rings. The van der Waals surface area contributed by atoms with Crippen molar-refractivity contribution in [3.63, 3.8) is 0 Å². The van der Waals surface area contributed by atoms with Gasteiger partial charge in [0.1, 0.15) is 0 Å². The van der Waals surface area contributed by atoms with Gasteiger partial charge in [-0.25, -0.2) is 0 Å².